The van der Waals surface area contributed by atoms with Crippen LogP contribution in [0.3, 0.4) is 0 Å². The number of methoxy groups -OCH3 is 1. The Bertz CT molecular complexity index is 558. The van der Waals surface area contributed by atoms with Crippen molar-refractivity contribution in [1.29, 1.82) is 0 Å². The molecule has 1 rings (SSSR count). The summed E-state index contributed by atoms with van der Waals surface area (Å²) < 4.78 is 4.62. The molecule has 0 aliphatic heterocycles. The van der Waals surface area contributed by atoms with Gasteiger partial charge in [0.05, 0.1) is 13.7 Å². The Morgan fingerprint density at radius 2 is 2.14 bits per heavy atom. The molecule has 2 N–H and O–H groups in total. The van der Waals surface area contributed by atoms with Gasteiger partial charge in [0, 0.05) is 17.7 Å². The molecule has 0 unspecified atom stereocenters. The van der Waals surface area contributed by atoms with E-state index in [0.717, 1.165) is 12.0 Å². The highest BCUT2D eigenvalue weighted by molar-refractivity contribution is 5.96. The molecule has 0 saturated heterocycles. The van der Waals surface area contributed by atoms with Crippen molar-refractivity contribution in [2.75, 3.05) is 26.7 Å². The quantitative estimate of drug-likeness (QED) is 0.648. The monoisotopic (exact) mass is 288 g/mol. The summed E-state index contributed by atoms with van der Waals surface area (Å²) in [5.41, 5.74) is 6.55. The number of carbonyl (C=O) groups is 2. The normalized spacial score (nSPS) is 9.48. The lowest BCUT2D eigenvalue weighted by Gasteiger charge is -2.20. The molecule has 0 aliphatic carbocycles. The summed E-state index contributed by atoms with van der Waals surface area (Å²) in [6, 6.07) is 6.97. The minimum atomic E-state index is -0.434. The average molecular weight is 288 g/mol. The van der Waals surface area contributed by atoms with Crippen molar-refractivity contribution in [3.05, 3.63) is 35.4 Å². The van der Waals surface area contributed by atoms with Gasteiger partial charge in [0.15, 0.2) is 0 Å². The number of hydrogen-bond acceptors (Lipinski definition) is 4. The van der Waals surface area contributed by atoms with Gasteiger partial charge in [-0.25, -0.2) is 0 Å². The molecule has 0 saturated carbocycles. The van der Waals surface area contributed by atoms with Crippen LogP contribution in [0.15, 0.2) is 24.3 Å². The maximum Gasteiger partial charge on any atom is 0.325 e. The predicted molar refractivity (Wildman–Crippen MR) is 80.6 cm³/mol. The zero-order valence-electron chi connectivity index (χ0n) is 12.4. The van der Waals surface area contributed by atoms with Crippen molar-refractivity contribution in [1.82, 2.24) is 4.90 Å². The number of carbonyl (C=O) groups excluding carboxylic acids is 2. The van der Waals surface area contributed by atoms with Crippen LogP contribution < -0.4 is 5.73 Å². The first-order valence-electron chi connectivity index (χ1n) is 6.77. The van der Waals surface area contributed by atoms with Crippen molar-refractivity contribution in [3.63, 3.8) is 0 Å². The summed E-state index contributed by atoms with van der Waals surface area (Å²) in [5.74, 6) is 4.99. The summed E-state index contributed by atoms with van der Waals surface area (Å²) in [5, 5.41) is 0. The number of hydrogen-bond donors (Lipinski definition) is 1. The van der Waals surface area contributed by atoms with Gasteiger partial charge in [-0.3, -0.25) is 9.59 Å². The molecule has 0 radical (unpaired) electrons. The molecule has 1 aromatic carbocycles. The van der Waals surface area contributed by atoms with Crippen molar-refractivity contribution in [2.45, 2.75) is 13.3 Å². The standard InChI is InChI=1S/C16H20N2O3/c1-3-10-18(12-15(19)21-2)16(20)14-8-4-6-13(11-14)7-5-9-17/h4,6,8,11H,3,9-10,12,17H2,1-2H3. The van der Waals surface area contributed by atoms with Crippen molar-refractivity contribution >= 4 is 11.9 Å². The second kappa shape index (κ2) is 8.77. The summed E-state index contributed by atoms with van der Waals surface area (Å²) in [7, 11) is 1.31. The highest BCUT2D eigenvalue weighted by atomic mass is 16.5. The predicted octanol–water partition coefficient (Wildman–Crippen LogP) is 1.02. The largest absolute Gasteiger partial charge is 0.468 e. The average Bonchev–Trinajstić information content (AvgIpc) is 2.51. The van der Waals surface area contributed by atoms with E-state index in [-0.39, 0.29) is 19.0 Å². The number of nitrogens with zero attached hydrogens (tertiary/aromatic N) is 1. The second-order valence-corrected chi connectivity index (χ2v) is 4.39. The van der Waals surface area contributed by atoms with Gasteiger partial charge in [-0.05, 0) is 24.6 Å². The van der Waals surface area contributed by atoms with Crippen molar-refractivity contribution in [3.8, 4) is 11.8 Å². The van der Waals surface area contributed by atoms with E-state index in [1.54, 1.807) is 18.2 Å². The number of ether oxygens (including phenoxy) is 1. The van der Waals surface area contributed by atoms with Crippen LogP contribution in [-0.4, -0.2) is 43.5 Å². The summed E-state index contributed by atoms with van der Waals surface area (Å²) in [6.45, 7) is 2.65. The topological polar surface area (TPSA) is 72.6 Å². The fourth-order valence-electron chi connectivity index (χ4n) is 1.81. The minimum absolute atomic E-state index is 0.0537. The first-order chi connectivity index (χ1) is 10.1. The second-order valence-electron chi connectivity index (χ2n) is 4.39. The van der Waals surface area contributed by atoms with Crippen LogP contribution in [-0.2, 0) is 9.53 Å². The molecule has 1 amide bonds. The van der Waals surface area contributed by atoms with Crippen molar-refractivity contribution < 1.29 is 14.3 Å². The lowest BCUT2D eigenvalue weighted by molar-refractivity contribution is -0.141. The molecule has 0 bridgehead atoms. The van der Waals surface area contributed by atoms with E-state index in [4.69, 9.17) is 5.73 Å². The molecule has 0 heterocycles. The van der Waals surface area contributed by atoms with Gasteiger partial charge < -0.3 is 15.4 Å². The van der Waals surface area contributed by atoms with Gasteiger partial charge in [0.25, 0.3) is 5.91 Å². The molecule has 0 aromatic heterocycles. The van der Waals surface area contributed by atoms with Crippen LogP contribution in [0.4, 0.5) is 0 Å². The lowest BCUT2D eigenvalue weighted by Crippen LogP contribution is -2.36. The fourth-order valence-corrected chi connectivity index (χ4v) is 1.81. The van der Waals surface area contributed by atoms with Gasteiger partial charge in [-0.15, -0.1) is 0 Å². The van der Waals surface area contributed by atoms with E-state index in [0.29, 0.717) is 12.1 Å². The molecular weight excluding hydrogens is 268 g/mol. The summed E-state index contributed by atoms with van der Waals surface area (Å²) >= 11 is 0. The maximum atomic E-state index is 12.5. The molecule has 0 fully saturated rings. The number of esters is 1. The molecule has 0 spiro atoms. The Labute approximate surface area is 125 Å². The number of nitrogens with two attached hydrogens (primary N) is 1. The van der Waals surface area contributed by atoms with Crippen LogP contribution in [0.1, 0.15) is 29.3 Å². The number of amides is 1. The third kappa shape index (κ3) is 5.28. The van der Waals surface area contributed by atoms with Crippen LogP contribution in [0.5, 0.6) is 0 Å². The van der Waals surface area contributed by atoms with Gasteiger partial charge in [-0.2, -0.15) is 0 Å². The first kappa shape index (κ1) is 16.7. The Morgan fingerprint density at radius 3 is 2.76 bits per heavy atom. The van der Waals surface area contributed by atoms with Gasteiger partial charge in [0.2, 0.25) is 0 Å². The zero-order valence-corrected chi connectivity index (χ0v) is 12.4. The molecule has 5 nitrogen and oxygen atoms in total. The van der Waals surface area contributed by atoms with Crippen LogP contribution >= 0.6 is 0 Å². The van der Waals surface area contributed by atoms with Gasteiger partial charge >= 0.3 is 5.97 Å². The van der Waals surface area contributed by atoms with Crippen LogP contribution in [0.25, 0.3) is 0 Å². The summed E-state index contributed by atoms with van der Waals surface area (Å²) in [6.07, 6.45) is 0.759. The van der Waals surface area contributed by atoms with E-state index in [1.807, 2.05) is 13.0 Å². The molecule has 21 heavy (non-hydrogen) atoms. The Hall–Kier alpha value is -2.32. The van der Waals surface area contributed by atoms with Crippen molar-refractivity contribution in [2.24, 2.45) is 5.73 Å². The molecule has 0 atom stereocenters. The van der Waals surface area contributed by atoms with Crippen LogP contribution in [0.2, 0.25) is 0 Å². The smallest absolute Gasteiger partial charge is 0.325 e. The summed E-state index contributed by atoms with van der Waals surface area (Å²) in [4.78, 5) is 25.3. The van der Waals surface area contributed by atoms with Crippen LogP contribution in [0, 0.1) is 11.8 Å². The SMILES string of the molecule is CCCN(CC(=O)OC)C(=O)c1cccc(C#CCN)c1. The van der Waals surface area contributed by atoms with E-state index >= 15 is 0 Å². The first-order valence-corrected chi connectivity index (χ1v) is 6.77. The molecule has 5 heteroatoms. The van der Waals surface area contributed by atoms with E-state index in [1.165, 1.54) is 12.0 Å². The third-order valence-electron chi connectivity index (χ3n) is 2.77. The Morgan fingerprint density at radius 1 is 1.38 bits per heavy atom. The van der Waals surface area contributed by atoms with Gasteiger partial charge in [-0.1, -0.05) is 24.8 Å². The maximum absolute atomic E-state index is 12.5. The molecule has 1 aromatic rings. The van der Waals surface area contributed by atoms with E-state index in [2.05, 4.69) is 16.6 Å². The fraction of sp³-hybridized carbons (Fsp3) is 0.375. The highest BCUT2D eigenvalue weighted by Crippen LogP contribution is 2.09. The third-order valence-corrected chi connectivity index (χ3v) is 2.77. The van der Waals surface area contributed by atoms with E-state index in [9.17, 15) is 9.59 Å². The molecule has 112 valence electrons. The minimum Gasteiger partial charge on any atom is -0.468 e. The Balaban J connectivity index is 2.94. The number of benzene rings is 1. The lowest BCUT2D eigenvalue weighted by atomic mass is 10.1. The molecule has 0 aliphatic rings. The zero-order chi connectivity index (χ0) is 15.7. The van der Waals surface area contributed by atoms with E-state index < -0.39 is 5.97 Å². The Kier molecular flexibility index (Phi) is 6.99. The number of rotatable bonds is 5. The highest BCUT2D eigenvalue weighted by Gasteiger charge is 2.18. The molecular formula is C16H20N2O3. The van der Waals surface area contributed by atoms with Gasteiger partial charge in [0.1, 0.15) is 6.54 Å².